The van der Waals surface area contributed by atoms with E-state index >= 15 is 0 Å². The fourth-order valence-electron chi connectivity index (χ4n) is 2.41. The Kier molecular flexibility index (Phi) is 5.76. The van der Waals surface area contributed by atoms with Crippen LogP contribution in [0.4, 0.5) is 5.00 Å². The van der Waals surface area contributed by atoms with Gasteiger partial charge in [-0.1, -0.05) is 50.6 Å². The van der Waals surface area contributed by atoms with E-state index in [0.29, 0.717) is 16.1 Å². The van der Waals surface area contributed by atoms with Gasteiger partial charge in [0.2, 0.25) is 5.91 Å². The van der Waals surface area contributed by atoms with Gasteiger partial charge >= 0.3 is 0 Å². The number of carbonyl (C=O) groups is 2. The second-order valence-electron chi connectivity index (χ2n) is 7.05. The smallest absolute Gasteiger partial charge is 0.225 e. The van der Waals surface area contributed by atoms with Gasteiger partial charge in [0.05, 0.1) is 5.56 Å². The zero-order valence-electron chi connectivity index (χ0n) is 15.0. The normalized spacial score (nSPS) is 11.0. The van der Waals surface area contributed by atoms with Crippen molar-refractivity contribution in [1.29, 1.82) is 5.26 Å². The van der Waals surface area contributed by atoms with Crippen molar-refractivity contribution >= 4 is 28.0 Å². The van der Waals surface area contributed by atoms with E-state index < -0.39 is 0 Å². The molecule has 0 spiro atoms. The molecule has 1 N–H and O–H groups in total. The van der Waals surface area contributed by atoms with Crippen molar-refractivity contribution in [2.75, 3.05) is 5.32 Å². The third-order valence-corrected chi connectivity index (χ3v) is 4.81. The Morgan fingerprint density at radius 1 is 1.16 bits per heavy atom. The number of benzene rings is 1. The summed E-state index contributed by atoms with van der Waals surface area (Å²) in [4.78, 5) is 24.3. The van der Waals surface area contributed by atoms with Crippen LogP contribution in [0, 0.1) is 18.3 Å². The predicted molar refractivity (Wildman–Crippen MR) is 101 cm³/mol. The summed E-state index contributed by atoms with van der Waals surface area (Å²) in [6, 6.07) is 9.50. The molecule has 2 aromatic rings. The van der Waals surface area contributed by atoms with Crippen LogP contribution in [-0.4, -0.2) is 11.7 Å². The molecule has 0 radical (unpaired) electrons. The first-order valence-electron chi connectivity index (χ1n) is 8.14. The number of Topliss-reactive ketones (excluding diaryl/α,β-unsaturated/α-hetero) is 1. The average molecular weight is 354 g/mol. The van der Waals surface area contributed by atoms with Gasteiger partial charge in [-0.3, -0.25) is 9.59 Å². The standard InChI is InChI=1S/C20H22N2O2S/c1-13-5-7-14(8-6-13)17(23)9-10-18(24)22-19-15(11-21)16(12-25-19)20(2,3)4/h5-8,12H,9-10H2,1-4H3,(H,22,24). The lowest BCUT2D eigenvalue weighted by Crippen LogP contribution is -2.15. The quantitative estimate of drug-likeness (QED) is 0.782. The fourth-order valence-corrected chi connectivity index (χ4v) is 3.57. The highest BCUT2D eigenvalue weighted by Gasteiger charge is 2.23. The Morgan fingerprint density at radius 2 is 1.80 bits per heavy atom. The molecule has 1 amide bonds. The lowest BCUT2D eigenvalue weighted by atomic mass is 9.86. The molecule has 130 valence electrons. The van der Waals surface area contributed by atoms with Crippen molar-refractivity contribution in [1.82, 2.24) is 0 Å². The topological polar surface area (TPSA) is 70.0 Å². The first-order chi connectivity index (χ1) is 11.7. The van der Waals surface area contributed by atoms with Gasteiger partial charge in [-0.25, -0.2) is 0 Å². The molecular formula is C20H22N2O2S. The second-order valence-corrected chi connectivity index (χ2v) is 7.93. The largest absolute Gasteiger partial charge is 0.317 e. The van der Waals surface area contributed by atoms with Crippen molar-refractivity contribution in [3.8, 4) is 6.07 Å². The SMILES string of the molecule is Cc1ccc(C(=O)CCC(=O)Nc2scc(C(C)(C)C)c2C#N)cc1. The van der Waals surface area contributed by atoms with Crippen molar-refractivity contribution in [2.45, 2.75) is 46.0 Å². The number of thiophene rings is 1. The van der Waals surface area contributed by atoms with Gasteiger partial charge in [0.15, 0.2) is 5.78 Å². The highest BCUT2D eigenvalue weighted by atomic mass is 32.1. The first kappa shape index (κ1) is 18.9. The van der Waals surface area contributed by atoms with Crippen LogP contribution < -0.4 is 5.32 Å². The molecule has 4 nitrogen and oxygen atoms in total. The maximum Gasteiger partial charge on any atom is 0.225 e. The summed E-state index contributed by atoms with van der Waals surface area (Å²) in [5.41, 5.74) is 2.97. The summed E-state index contributed by atoms with van der Waals surface area (Å²) in [5.74, 6) is -0.309. The van der Waals surface area contributed by atoms with Crippen LogP contribution in [-0.2, 0) is 10.2 Å². The van der Waals surface area contributed by atoms with E-state index in [1.165, 1.54) is 11.3 Å². The van der Waals surface area contributed by atoms with E-state index in [0.717, 1.165) is 11.1 Å². The minimum Gasteiger partial charge on any atom is -0.317 e. The summed E-state index contributed by atoms with van der Waals surface area (Å²) in [7, 11) is 0. The first-order valence-corrected chi connectivity index (χ1v) is 9.02. The van der Waals surface area contributed by atoms with E-state index in [1.807, 2.05) is 45.2 Å². The number of anilines is 1. The molecule has 25 heavy (non-hydrogen) atoms. The van der Waals surface area contributed by atoms with Gasteiger partial charge in [-0.2, -0.15) is 5.26 Å². The predicted octanol–water partition coefficient (Wildman–Crippen LogP) is 4.83. The van der Waals surface area contributed by atoms with Gasteiger partial charge in [0.1, 0.15) is 11.1 Å². The third-order valence-electron chi connectivity index (χ3n) is 3.92. The average Bonchev–Trinajstić information content (AvgIpc) is 2.96. The van der Waals surface area contributed by atoms with Crippen molar-refractivity contribution in [3.63, 3.8) is 0 Å². The van der Waals surface area contributed by atoms with Crippen LogP contribution in [0.5, 0.6) is 0 Å². The zero-order chi connectivity index (χ0) is 18.6. The minimum atomic E-state index is -0.251. The Bertz CT molecular complexity index is 821. The van der Waals surface area contributed by atoms with E-state index in [2.05, 4.69) is 11.4 Å². The number of ketones is 1. The fraction of sp³-hybridized carbons (Fsp3) is 0.350. The van der Waals surface area contributed by atoms with Crippen LogP contribution in [0.3, 0.4) is 0 Å². The Balaban J connectivity index is 1.99. The molecule has 0 bridgehead atoms. The molecule has 5 heteroatoms. The summed E-state index contributed by atoms with van der Waals surface area (Å²) in [6.07, 6.45) is 0.245. The molecule has 0 atom stereocenters. The summed E-state index contributed by atoms with van der Waals surface area (Å²) in [6.45, 7) is 8.05. The third kappa shape index (κ3) is 4.77. The van der Waals surface area contributed by atoms with E-state index in [4.69, 9.17) is 0 Å². The van der Waals surface area contributed by atoms with Gasteiger partial charge in [0, 0.05) is 18.4 Å². The van der Waals surface area contributed by atoms with E-state index in [-0.39, 0.29) is 29.9 Å². The molecule has 0 aliphatic heterocycles. The highest BCUT2D eigenvalue weighted by molar-refractivity contribution is 7.14. The Labute approximate surface area is 152 Å². The number of aryl methyl sites for hydroxylation is 1. The molecule has 0 aliphatic carbocycles. The van der Waals surface area contributed by atoms with Gasteiger partial charge < -0.3 is 5.32 Å². The minimum absolute atomic E-state index is 0.0581. The zero-order valence-corrected chi connectivity index (χ0v) is 15.8. The van der Waals surface area contributed by atoms with Gasteiger partial charge in [-0.05, 0) is 23.3 Å². The maximum atomic E-state index is 12.2. The second kappa shape index (κ2) is 7.62. The van der Waals surface area contributed by atoms with Crippen LogP contribution in [0.15, 0.2) is 29.6 Å². The van der Waals surface area contributed by atoms with Gasteiger partial charge in [-0.15, -0.1) is 11.3 Å². The number of amides is 1. The number of nitrogens with one attached hydrogen (secondary N) is 1. The van der Waals surface area contributed by atoms with Crippen molar-refractivity contribution in [2.24, 2.45) is 0 Å². The van der Waals surface area contributed by atoms with Crippen LogP contribution in [0.2, 0.25) is 0 Å². The Hall–Kier alpha value is -2.45. The van der Waals surface area contributed by atoms with Crippen molar-refractivity contribution in [3.05, 3.63) is 51.9 Å². The maximum absolute atomic E-state index is 12.2. The Morgan fingerprint density at radius 3 is 2.36 bits per heavy atom. The van der Waals surface area contributed by atoms with E-state index in [9.17, 15) is 14.9 Å². The number of nitriles is 1. The molecule has 1 aromatic heterocycles. The molecule has 0 saturated heterocycles. The molecule has 0 unspecified atom stereocenters. The molecule has 1 aromatic carbocycles. The summed E-state index contributed by atoms with van der Waals surface area (Å²) >= 11 is 1.35. The molecule has 1 heterocycles. The van der Waals surface area contributed by atoms with Gasteiger partial charge in [0.25, 0.3) is 0 Å². The molecule has 0 saturated carbocycles. The monoisotopic (exact) mass is 354 g/mol. The molecular weight excluding hydrogens is 332 g/mol. The number of carbonyl (C=O) groups excluding carboxylic acids is 2. The summed E-state index contributed by atoms with van der Waals surface area (Å²) in [5, 5.41) is 14.6. The number of hydrogen-bond donors (Lipinski definition) is 1. The molecule has 2 rings (SSSR count). The number of rotatable bonds is 5. The number of hydrogen-bond acceptors (Lipinski definition) is 4. The number of nitrogens with zero attached hydrogens (tertiary/aromatic N) is 1. The van der Waals surface area contributed by atoms with Crippen LogP contribution >= 0.6 is 11.3 Å². The van der Waals surface area contributed by atoms with Crippen molar-refractivity contribution < 1.29 is 9.59 Å². The lowest BCUT2D eigenvalue weighted by molar-refractivity contribution is -0.116. The summed E-state index contributed by atoms with van der Waals surface area (Å²) < 4.78 is 0. The van der Waals surface area contributed by atoms with E-state index in [1.54, 1.807) is 12.1 Å². The molecule has 0 aliphatic rings. The highest BCUT2D eigenvalue weighted by Crippen LogP contribution is 2.35. The lowest BCUT2D eigenvalue weighted by Gasteiger charge is -2.17. The van der Waals surface area contributed by atoms with Crippen LogP contribution in [0.1, 0.15) is 60.7 Å². The van der Waals surface area contributed by atoms with Crippen LogP contribution in [0.25, 0.3) is 0 Å². The molecule has 0 fully saturated rings.